The third-order valence-corrected chi connectivity index (χ3v) is 8.64. The summed E-state index contributed by atoms with van der Waals surface area (Å²) in [5.74, 6) is 2.11. The van der Waals surface area contributed by atoms with Crippen LogP contribution in [0.5, 0.6) is 0 Å². The van der Waals surface area contributed by atoms with Crippen molar-refractivity contribution in [1.82, 2.24) is 9.80 Å². The summed E-state index contributed by atoms with van der Waals surface area (Å²) in [7, 11) is 0. The Bertz CT molecular complexity index is 826. The van der Waals surface area contributed by atoms with Gasteiger partial charge in [-0.15, -0.1) is 0 Å². The third kappa shape index (κ3) is 2.94. The molecule has 0 radical (unpaired) electrons. The first-order valence-electron chi connectivity index (χ1n) is 11.6. The Morgan fingerprint density at radius 2 is 1.40 bits per heavy atom. The lowest BCUT2D eigenvalue weighted by molar-refractivity contribution is -0.125. The van der Waals surface area contributed by atoms with Gasteiger partial charge < -0.3 is 0 Å². The summed E-state index contributed by atoms with van der Waals surface area (Å²) in [4.78, 5) is 31.8. The van der Waals surface area contributed by atoms with Crippen LogP contribution in [-0.2, 0) is 9.59 Å². The number of imide groups is 1. The van der Waals surface area contributed by atoms with Crippen LogP contribution in [0.2, 0.25) is 0 Å². The highest BCUT2D eigenvalue weighted by Gasteiger charge is 2.54. The van der Waals surface area contributed by atoms with Crippen LogP contribution in [0, 0.1) is 23.6 Å². The molecule has 1 atom stereocenters. The normalized spacial score (nSPS) is 39.3. The van der Waals surface area contributed by atoms with Crippen LogP contribution < -0.4 is 4.90 Å². The maximum absolute atomic E-state index is 13.2. The van der Waals surface area contributed by atoms with Gasteiger partial charge in [-0.05, 0) is 80.5 Å². The number of anilines is 1. The Morgan fingerprint density at radius 1 is 0.833 bits per heavy atom. The zero-order valence-electron chi connectivity index (χ0n) is 17.4. The van der Waals surface area contributed by atoms with Crippen LogP contribution in [0.4, 0.5) is 10.1 Å². The Labute approximate surface area is 177 Å². The Kier molecular flexibility index (Phi) is 4.33. The fourth-order valence-electron chi connectivity index (χ4n) is 7.72. The Hall–Kier alpha value is -1.79. The predicted molar refractivity (Wildman–Crippen MR) is 111 cm³/mol. The molecule has 0 N–H and O–H groups in total. The first kappa shape index (κ1) is 18.9. The van der Waals surface area contributed by atoms with Crippen LogP contribution in [0.15, 0.2) is 24.3 Å². The zero-order chi connectivity index (χ0) is 20.5. The second-order valence-electron chi connectivity index (χ2n) is 10.4. The van der Waals surface area contributed by atoms with Crippen molar-refractivity contribution in [2.24, 2.45) is 17.8 Å². The summed E-state index contributed by atoms with van der Waals surface area (Å²) >= 11 is 0. The van der Waals surface area contributed by atoms with Crippen LogP contribution in [0.3, 0.4) is 0 Å². The molecule has 4 bridgehead atoms. The van der Waals surface area contributed by atoms with Crippen molar-refractivity contribution in [2.45, 2.75) is 56.5 Å². The number of halogens is 1. The third-order valence-electron chi connectivity index (χ3n) is 8.64. The molecule has 2 saturated heterocycles. The van der Waals surface area contributed by atoms with Gasteiger partial charge >= 0.3 is 0 Å². The summed E-state index contributed by atoms with van der Waals surface area (Å²) in [6, 6.07) is 5.25. The molecule has 1 aromatic rings. The lowest BCUT2D eigenvalue weighted by atomic mass is 9.52. The van der Waals surface area contributed by atoms with Gasteiger partial charge in [0.1, 0.15) is 5.82 Å². The van der Waals surface area contributed by atoms with Crippen molar-refractivity contribution in [3.63, 3.8) is 0 Å². The van der Waals surface area contributed by atoms with Crippen LogP contribution in [-0.4, -0.2) is 59.4 Å². The summed E-state index contributed by atoms with van der Waals surface area (Å²) in [5, 5.41) is 0. The lowest BCUT2D eigenvalue weighted by Gasteiger charge is -2.61. The van der Waals surface area contributed by atoms with E-state index >= 15 is 0 Å². The van der Waals surface area contributed by atoms with Crippen molar-refractivity contribution in [1.29, 1.82) is 0 Å². The van der Waals surface area contributed by atoms with E-state index in [-0.39, 0.29) is 30.1 Å². The molecule has 1 aromatic carbocycles. The van der Waals surface area contributed by atoms with Crippen LogP contribution in [0.1, 0.15) is 44.9 Å². The minimum absolute atomic E-state index is 0.158. The second kappa shape index (κ2) is 6.86. The van der Waals surface area contributed by atoms with Crippen molar-refractivity contribution in [2.75, 3.05) is 31.1 Å². The number of amides is 2. The van der Waals surface area contributed by atoms with Crippen molar-refractivity contribution < 1.29 is 14.0 Å². The highest BCUT2D eigenvalue weighted by Crippen LogP contribution is 2.57. The monoisotopic (exact) mass is 411 g/mol. The van der Waals surface area contributed by atoms with E-state index in [0.29, 0.717) is 11.2 Å². The minimum Gasteiger partial charge on any atom is -0.295 e. The van der Waals surface area contributed by atoms with Gasteiger partial charge in [-0.3, -0.25) is 19.4 Å². The molecule has 6 aliphatic rings. The van der Waals surface area contributed by atoms with Gasteiger partial charge in [0.15, 0.2) is 0 Å². The molecule has 7 rings (SSSR count). The number of benzene rings is 1. The average molecular weight is 412 g/mol. The fraction of sp³-hybridized carbons (Fsp3) is 0.667. The van der Waals surface area contributed by atoms with E-state index in [9.17, 15) is 14.0 Å². The van der Waals surface area contributed by atoms with Crippen molar-refractivity contribution in [3.8, 4) is 0 Å². The summed E-state index contributed by atoms with van der Waals surface area (Å²) < 4.78 is 13.2. The number of nitrogens with zero attached hydrogens (tertiary/aromatic N) is 3. The van der Waals surface area contributed by atoms with Gasteiger partial charge in [-0.1, -0.05) is 0 Å². The molecule has 160 valence electrons. The molecular formula is C24H30FN3O2. The van der Waals surface area contributed by atoms with E-state index in [1.165, 1.54) is 67.7 Å². The molecule has 6 fully saturated rings. The van der Waals surface area contributed by atoms with Crippen LogP contribution >= 0.6 is 0 Å². The quantitative estimate of drug-likeness (QED) is 0.717. The summed E-state index contributed by atoms with van der Waals surface area (Å²) in [6.07, 6.45) is 8.72. The molecule has 5 nitrogen and oxygen atoms in total. The highest BCUT2D eigenvalue weighted by atomic mass is 19.1. The Balaban J connectivity index is 1.13. The summed E-state index contributed by atoms with van der Waals surface area (Å²) in [6.45, 7) is 3.70. The molecular weight excluding hydrogens is 381 g/mol. The smallest absolute Gasteiger partial charge is 0.251 e. The number of piperazine rings is 1. The first-order chi connectivity index (χ1) is 14.5. The number of rotatable bonds is 3. The number of carbonyl (C=O) groups is 2. The van der Waals surface area contributed by atoms with Crippen molar-refractivity contribution >= 4 is 17.5 Å². The highest BCUT2D eigenvalue weighted by molar-refractivity contribution is 6.22. The van der Waals surface area contributed by atoms with Gasteiger partial charge in [0, 0.05) is 31.7 Å². The predicted octanol–water partition coefficient (Wildman–Crippen LogP) is 3.04. The van der Waals surface area contributed by atoms with Gasteiger partial charge in [-0.25, -0.2) is 9.29 Å². The maximum atomic E-state index is 13.2. The summed E-state index contributed by atoms with van der Waals surface area (Å²) in [5.41, 5.74) is 0.886. The fourth-order valence-corrected chi connectivity index (χ4v) is 7.72. The number of hydrogen-bond acceptors (Lipinski definition) is 4. The van der Waals surface area contributed by atoms with E-state index in [0.717, 1.165) is 43.9 Å². The van der Waals surface area contributed by atoms with E-state index in [4.69, 9.17) is 0 Å². The van der Waals surface area contributed by atoms with E-state index in [1.807, 2.05) is 0 Å². The SMILES string of the molecule is O=C1C[C@@H](N2CCN(C34CC5CC(CC(C5)C3)C4)CC2)C(=O)N1c1ccc(F)cc1. The van der Waals surface area contributed by atoms with Gasteiger partial charge in [0.25, 0.3) is 5.91 Å². The van der Waals surface area contributed by atoms with E-state index in [1.54, 1.807) is 0 Å². The molecule has 0 unspecified atom stereocenters. The maximum Gasteiger partial charge on any atom is 0.251 e. The van der Waals surface area contributed by atoms with Crippen molar-refractivity contribution in [3.05, 3.63) is 30.1 Å². The molecule has 0 aromatic heterocycles. The largest absolute Gasteiger partial charge is 0.295 e. The van der Waals surface area contributed by atoms with Gasteiger partial charge in [0.05, 0.1) is 18.2 Å². The van der Waals surface area contributed by atoms with E-state index < -0.39 is 0 Å². The molecule has 30 heavy (non-hydrogen) atoms. The molecule has 4 saturated carbocycles. The standard InChI is InChI=1S/C24H30FN3O2/c25-19-1-3-20(4-2-19)28-22(29)12-21(23(28)30)26-5-7-27(8-6-26)24-13-16-9-17(14-24)11-18(10-16)15-24/h1-4,16-18,21H,5-15H2/t16?,17?,18?,21-,24?/m1/s1. The molecule has 2 aliphatic heterocycles. The number of carbonyl (C=O) groups excluding carboxylic acids is 2. The zero-order valence-corrected chi connectivity index (χ0v) is 17.4. The van der Waals surface area contributed by atoms with E-state index in [2.05, 4.69) is 9.80 Å². The van der Waals surface area contributed by atoms with Crippen LogP contribution in [0.25, 0.3) is 0 Å². The molecule has 6 heteroatoms. The first-order valence-corrected chi connectivity index (χ1v) is 11.6. The lowest BCUT2D eigenvalue weighted by Crippen LogP contribution is -2.64. The topological polar surface area (TPSA) is 43.9 Å². The van der Waals surface area contributed by atoms with Gasteiger partial charge in [0.2, 0.25) is 5.91 Å². The molecule has 2 amide bonds. The molecule has 4 aliphatic carbocycles. The molecule has 2 heterocycles. The molecule has 0 spiro atoms. The minimum atomic E-state index is -0.374. The Morgan fingerprint density at radius 3 is 1.97 bits per heavy atom. The number of hydrogen-bond donors (Lipinski definition) is 0. The van der Waals surface area contributed by atoms with Gasteiger partial charge in [-0.2, -0.15) is 0 Å². The second-order valence-corrected chi connectivity index (χ2v) is 10.4. The average Bonchev–Trinajstić information content (AvgIpc) is 3.02.